The molecule has 1 unspecified atom stereocenters. The molecule has 144 valence electrons. The van der Waals surface area contributed by atoms with Crippen molar-refractivity contribution in [2.45, 2.75) is 25.4 Å². The van der Waals surface area contributed by atoms with E-state index in [1.165, 1.54) is 18.5 Å². The number of aromatic nitrogens is 2. The monoisotopic (exact) mass is 375 g/mol. The number of nitrogens with one attached hydrogen (secondary N) is 1. The van der Waals surface area contributed by atoms with Crippen molar-refractivity contribution < 1.29 is 18.5 Å². The van der Waals surface area contributed by atoms with Crippen molar-refractivity contribution in [3.63, 3.8) is 0 Å². The van der Waals surface area contributed by atoms with Crippen LogP contribution in [0.15, 0.2) is 35.2 Å². The second-order valence-corrected chi connectivity index (χ2v) is 6.52. The fourth-order valence-corrected chi connectivity index (χ4v) is 3.01. The molecule has 1 aromatic heterocycles. The summed E-state index contributed by atoms with van der Waals surface area (Å²) in [6.07, 6.45) is 1.81. The van der Waals surface area contributed by atoms with Crippen LogP contribution in [-0.4, -0.2) is 64.5 Å². The van der Waals surface area contributed by atoms with E-state index in [-0.39, 0.29) is 24.1 Å². The number of halogens is 1. The maximum Gasteiger partial charge on any atom is 0.237 e. The van der Waals surface area contributed by atoms with Crippen LogP contribution in [-0.2, 0) is 22.6 Å². The summed E-state index contributed by atoms with van der Waals surface area (Å²) in [4.78, 5) is 32.3. The number of rotatable bonds is 7. The zero-order valence-electron chi connectivity index (χ0n) is 15.1. The smallest absolute Gasteiger partial charge is 0.237 e. The molecule has 2 heterocycles. The number of hydrogen-bond acceptors (Lipinski definition) is 6. The first-order chi connectivity index (χ1) is 13.0. The molecule has 0 saturated carbocycles. The lowest BCUT2D eigenvalue weighted by Gasteiger charge is -2.35. The molecule has 1 aromatic carbocycles. The van der Waals surface area contributed by atoms with E-state index in [2.05, 4.69) is 20.0 Å². The van der Waals surface area contributed by atoms with Crippen molar-refractivity contribution in [2.75, 3.05) is 26.7 Å². The van der Waals surface area contributed by atoms with Crippen LogP contribution >= 0.6 is 0 Å². The Balaban J connectivity index is 1.59. The van der Waals surface area contributed by atoms with E-state index in [0.717, 1.165) is 5.56 Å². The van der Waals surface area contributed by atoms with Crippen LogP contribution in [0.4, 0.5) is 4.39 Å². The fourth-order valence-electron chi connectivity index (χ4n) is 3.01. The van der Waals surface area contributed by atoms with Gasteiger partial charge in [0.2, 0.25) is 18.2 Å². The molecule has 1 N–H and O–H groups in total. The minimum Gasteiger partial charge on any atom is -0.353 e. The first-order valence-corrected chi connectivity index (χ1v) is 8.78. The Morgan fingerprint density at radius 3 is 2.89 bits per heavy atom. The number of likely N-dealkylation sites (N-methyl/N-ethyl adjacent to an activating group) is 1. The third kappa shape index (κ3) is 5.10. The summed E-state index contributed by atoms with van der Waals surface area (Å²) in [6, 6.07) is 5.62. The average molecular weight is 375 g/mol. The molecular formula is C18H22FN5O3. The van der Waals surface area contributed by atoms with Gasteiger partial charge in [0.15, 0.2) is 5.82 Å². The molecule has 0 bridgehead atoms. The van der Waals surface area contributed by atoms with Crippen LogP contribution in [0.25, 0.3) is 0 Å². The molecule has 2 amide bonds. The van der Waals surface area contributed by atoms with Gasteiger partial charge in [-0.05, 0) is 17.7 Å². The summed E-state index contributed by atoms with van der Waals surface area (Å²) in [5, 5.41) is 6.53. The Bertz CT molecular complexity index is 766. The predicted octanol–water partition coefficient (Wildman–Crippen LogP) is 0.600. The number of hydrogen-bond donors (Lipinski definition) is 1. The van der Waals surface area contributed by atoms with Crippen molar-refractivity contribution in [3.8, 4) is 0 Å². The molecule has 8 nitrogen and oxygen atoms in total. The normalized spacial score (nSPS) is 17.6. The summed E-state index contributed by atoms with van der Waals surface area (Å²) in [6.45, 7) is 2.08. The molecular weight excluding hydrogens is 353 g/mol. The number of benzene rings is 1. The van der Waals surface area contributed by atoms with Crippen LogP contribution in [0.5, 0.6) is 0 Å². The third-order valence-electron chi connectivity index (χ3n) is 4.61. The molecule has 1 fully saturated rings. The highest BCUT2D eigenvalue weighted by atomic mass is 19.1. The molecule has 1 atom stereocenters. The van der Waals surface area contributed by atoms with E-state index in [0.29, 0.717) is 38.4 Å². The summed E-state index contributed by atoms with van der Waals surface area (Å²) in [5.41, 5.74) is 0.897. The van der Waals surface area contributed by atoms with Crippen LogP contribution in [0.1, 0.15) is 17.8 Å². The Kier molecular flexibility index (Phi) is 6.12. The first kappa shape index (κ1) is 19.0. The Morgan fingerprint density at radius 2 is 2.19 bits per heavy atom. The highest BCUT2D eigenvalue weighted by Crippen LogP contribution is 2.15. The zero-order valence-corrected chi connectivity index (χ0v) is 15.1. The molecule has 0 aliphatic carbocycles. The van der Waals surface area contributed by atoms with Gasteiger partial charge in [0.25, 0.3) is 0 Å². The molecule has 1 aliphatic rings. The van der Waals surface area contributed by atoms with Crippen LogP contribution in [0.3, 0.4) is 0 Å². The second kappa shape index (κ2) is 8.72. The number of piperazine rings is 1. The molecule has 0 radical (unpaired) electrons. The lowest BCUT2D eigenvalue weighted by molar-refractivity contribution is -0.138. The van der Waals surface area contributed by atoms with E-state index in [9.17, 15) is 14.0 Å². The van der Waals surface area contributed by atoms with E-state index in [1.807, 2.05) is 4.90 Å². The average Bonchev–Trinajstić information content (AvgIpc) is 3.18. The van der Waals surface area contributed by atoms with Gasteiger partial charge in [-0.2, -0.15) is 4.98 Å². The van der Waals surface area contributed by atoms with Crippen molar-refractivity contribution >= 4 is 11.8 Å². The number of amides is 2. The van der Waals surface area contributed by atoms with Gasteiger partial charge in [0, 0.05) is 39.6 Å². The van der Waals surface area contributed by atoms with Gasteiger partial charge in [-0.3, -0.25) is 14.5 Å². The van der Waals surface area contributed by atoms with Crippen molar-refractivity contribution in [1.29, 1.82) is 0 Å². The quantitative estimate of drug-likeness (QED) is 0.762. The highest BCUT2D eigenvalue weighted by molar-refractivity contribution is 5.88. The number of carbonyl (C=O) groups excluding carboxylic acids is 2. The first-order valence-electron chi connectivity index (χ1n) is 8.78. The third-order valence-corrected chi connectivity index (χ3v) is 4.61. The van der Waals surface area contributed by atoms with Gasteiger partial charge < -0.3 is 14.7 Å². The fraction of sp³-hybridized carbons (Fsp3) is 0.444. The van der Waals surface area contributed by atoms with Crippen molar-refractivity contribution in [2.24, 2.45) is 0 Å². The van der Waals surface area contributed by atoms with E-state index >= 15 is 0 Å². The van der Waals surface area contributed by atoms with Gasteiger partial charge in [-0.1, -0.05) is 17.3 Å². The summed E-state index contributed by atoms with van der Waals surface area (Å²) >= 11 is 0. The lowest BCUT2D eigenvalue weighted by Crippen LogP contribution is -2.56. The van der Waals surface area contributed by atoms with Crippen molar-refractivity contribution in [3.05, 3.63) is 47.9 Å². The van der Waals surface area contributed by atoms with Crippen molar-refractivity contribution in [1.82, 2.24) is 25.3 Å². The maximum absolute atomic E-state index is 13.1. The SMILES string of the molecule is CN(CCc1ncon1)C(=O)CC1C(=O)NCCN1Cc1ccc(F)cc1. The standard InChI is InChI=1S/C18H22FN5O3/c1-23(8-6-16-21-12-27-22-16)17(25)10-15-18(26)20-7-9-24(15)11-13-2-4-14(19)5-3-13/h2-5,12,15H,6-11H2,1H3,(H,20,26). The van der Waals surface area contributed by atoms with Crippen LogP contribution < -0.4 is 5.32 Å². The van der Waals surface area contributed by atoms with Gasteiger partial charge >= 0.3 is 0 Å². The van der Waals surface area contributed by atoms with E-state index in [4.69, 9.17) is 0 Å². The molecule has 27 heavy (non-hydrogen) atoms. The van der Waals surface area contributed by atoms with Crippen LogP contribution in [0, 0.1) is 5.82 Å². The summed E-state index contributed by atoms with van der Waals surface area (Å²) < 4.78 is 17.8. The molecule has 0 spiro atoms. The number of nitrogens with zero attached hydrogens (tertiary/aromatic N) is 4. The zero-order chi connectivity index (χ0) is 19.2. The summed E-state index contributed by atoms with van der Waals surface area (Å²) in [5.74, 6) is -0.0685. The Hall–Kier alpha value is -2.81. The van der Waals surface area contributed by atoms with Gasteiger partial charge in [-0.25, -0.2) is 4.39 Å². The molecule has 3 rings (SSSR count). The van der Waals surface area contributed by atoms with E-state index in [1.54, 1.807) is 24.1 Å². The van der Waals surface area contributed by atoms with Crippen LogP contribution in [0.2, 0.25) is 0 Å². The minimum atomic E-state index is -0.552. The van der Waals surface area contributed by atoms with Gasteiger partial charge in [0.1, 0.15) is 5.82 Å². The minimum absolute atomic E-state index is 0.0791. The Morgan fingerprint density at radius 1 is 1.41 bits per heavy atom. The van der Waals surface area contributed by atoms with Gasteiger partial charge in [-0.15, -0.1) is 0 Å². The molecule has 1 aliphatic heterocycles. The molecule has 9 heteroatoms. The lowest BCUT2D eigenvalue weighted by atomic mass is 10.1. The second-order valence-electron chi connectivity index (χ2n) is 6.52. The summed E-state index contributed by atoms with van der Waals surface area (Å²) in [7, 11) is 1.69. The van der Waals surface area contributed by atoms with E-state index < -0.39 is 6.04 Å². The van der Waals surface area contributed by atoms with Gasteiger partial charge in [0.05, 0.1) is 12.5 Å². The number of carbonyl (C=O) groups is 2. The maximum atomic E-state index is 13.1. The predicted molar refractivity (Wildman–Crippen MR) is 93.9 cm³/mol. The largest absolute Gasteiger partial charge is 0.353 e. The topological polar surface area (TPSA) is 91.6 Å². The Labute approximate surface area is 156 Å². The molecule has 1 saturated heterocycles. The molecule has 2 aromatic rings. The highest BCUT2D eigenvalue weighted by Gasteiger charge is 2.32.